The number of hydrogen-bond donors (Lipinski definition) is 2. The van der Waals surface area contributed by atoms with Crippen LogP contribution in [0.1, 0.15) is 18.9 Å². The summed E-state index contributed by atoms with van der Waals surface area (Å²) >= 11 is 1.72. The molecule has 130 valence electrons. The van der Waals surface area contributed by atoms with Gasteiger partial charge in [-0.25, -0.2) is 8.78 Å². The first-order chi connectivity index (χ1) is 12.1. The molecule has 2 aromatic rings. The Bertz CT molecular complexity index is 803. The molecule has 2 N–H and O–H groups in total. The van der Waals surface area contributed by atoms with Crippen LogP contribution in [0.2, 0.25) is 0 Å². The summed E-state index contributed by atoms with van der Waals surface area (Å²) in [7, 11) is 0. The Balaban J connectivity index is 1.65. The number of benzene rings is 2. The van der Waals surface area contributed by atoms with E-state index in [0.29, 0.717) is 5.71 Å². The largest absolute Gasteiger partial charge is 0.335 e. The molecule has 0 spiro atoms. The van der Waals surface area contributed by atoms with E-state index in [1.807, 2.05) is 31.2 Å². The monoisotopic (exact) mass is 360 g/mol. The van der Waals surface area contributed by atoms with Gasteiger partial charge in [-0.15, -0.1) is 0 Å². The Labute approximate surface area is 149 Å². The first kappa shape index (κ1) is 17.4. The van der Waals surface area contributed by atoms with Gasteiger partial charge in [0, 0.05) is 24.1 Å². The van der Waals surface area contributed by atoms with Crippen molar-refractivity contribution in [3.63, 3.8) is 0 Å². The fourth-order valence-corrected chi connectivity index (χ4v) is 3.08. The molecule has 2 aromatic carbocycles. The highest BCUT2D eigenvalue weighted by molar-refractivity contribution is 8.14. The first-order valence-corrected chi connectivity index (χ1v) is 8.90. The molecule has 7 heteroatoms. The van der Waals surface area contributed by atoms with Crippen LogP contribution < -0.4 is 10.7 Å². The number of rotatable bonds is 4. The third-order valence-corrected chi connectivity index (χ3v) is 4.62. The highest BCUT2D eigenvalue weighted by Gasteiger charge is 2.07. The van der Waals surface area contributed by atoms with Crippen molar-refractivity contribution in [2.45, 2.75) is 13.3 Å². The molecular formula is C18H18F2N4S. The minimum Gasteiger partial charge on any atom is -0.335 e. The Hall–Kier alpha value is -2.41. The Morgan fingerprint density at radius 1 is 1.16 bits per heavy atom. The number of nitrogens with one attached hydrogen (secondary N) is 2. The lowest BCUT2D eigenvalue weighted by atomic mass is 10.1. The van der Waals surface area contributed by atoms with Gasteiger partial charge in [0.15, 0.2) is 11.0 Å². The Morgan fingerprint density at radius 3 is 2.64 bits per heavy atom. The third kappa shape index (κ3) is 4.79. The van der Waals surface area contributed by atoms with Gasteiger partial charge in [0.05, 0.1) is 11.4 Å². The van der Waals surface area contributed by atoms with Gasteiger partial charge in [0.1, 0.15) is 5.82 Å². The lowest BCUT2D eigenvalue weighted by molar-refractivity contribution is 0.585. The van der Waals surface area contributed by atoms with Crippen molar-refractivity contribution >= 4 is 34.0 Å². The molecule has 25 heavy (non-hydrogen) atoms. The summed E-state index contributed by atoms with van der Waals surface area (Å²) in [5.74, 6) is -0.212. The van der Waals surface area contributed by atoms with Crippen LogP contribution in [0.5, 0.6) is 0 Å². The predicted molar refractivity (Wildman–Crippen MR) is 102 cm³/mol. The van der Waals surface area contributed by atoms with Crippen LogP contribution in [0.25, 0.3) is 0 Å². The van der Waals surface area contributed by atoms with Crippen molar-refractivity contribution < 1.29 is 8.78 Å². The Kier molecular flexibility index (Phi) is 5.65. The third-order valence-electron chi connectivity index (χ3n) is 3.63. The van der Waals surface area contributed by atoms with Crippen molar-refractivity contribution in [3.8, 4) is 0 Å². The zero-order chi connectivity index (χ0) is 17.6. The maximum Gasteiger partial charge on any atom is 0.161 e. The van der Waals surface area contributed by atoms with E-state index in [2.05, 4.69) is 20.8 Å². The molecule has 3 rings (SSSR count). The molecule has 0 saturated carbocycles. The predicted octanol–water partition coefficient (Wildman–Crippen LogP) is 4.71. The summed E-state index contributed by atoms with van der Waals surface area (Å²) in [5, 5.41) is 8.39. The standard InChI is InChI=1S/C18H18F2N4S/c1-12(23-24-17-8-5-14(19)11-16(17)20)13-3-6-15(7-4-13)22-18-21-9-2-10-25-18/h3-8,11,24H,2,9-10H2,1H3,(H,21,22)/b23-12-. The molecule has 0 aliphatic carbocycles. The number of hydrogen-bond acceptors (Lipinski definition) is 5. The van der Waals surface area contributed by atoms with Gasteiger partial charge in [-0.3, -0.25) is 10.4 Å². The van der Waals surface area contributed by atoms with Crippen LogP contribution >= 0.6 is 11.8 Å². The normalized spacial score (nSPS) is 14.8. The number of nitrogens with zero attached hydrogens (tertiary/aromatic N) is 2. The lowest BCUT2D eigenvalue weighted by Gasteiger charge is -2.13. The summed E-state index contributed by atoms with van der Waals surface area (Å²) in [6.07, 6.45) is 1.12. The zero-order valence-corrected chi connectivity index (χ0v) is 14.5. The molecule has 0 amide bonds. The fourth-order valence-electron chi connectivity index (χ4n) is 2.24. The molecule has 1 aliphatic heterocycles. The second-order valence-corrected chi connectivity index (χ2v) is 6.61. The number of amidine groups is 1. The molecule has 1 aliphatic rings. The topological polar surface area (TPSA) is 48.8 Å². The second-order valence-electron chi connectivity index (χ2n) is 5.52. The van der Waals surface area contributed by atoms with Crippen LogP contribution in [0.3, 0.4) is 0 Å². The maximum atomic E-state index is 13.6. The lowest BCUT2D eigenvalue weighted by Crippen LogP contribution is -2.13. The second kappa shape index (κ2) is 8.11. The van der Waals surface area contributed by atoms with Crippen molar-refractivity contribution in [2.75, 3.05) is 23.0 Å². The van der Waals surface area contributed by atoms with Gasteiger partial charge in [-0.2, -0.15) is 5.10 Å². The summed E-state index contributed by atoms with van der Waals surface area (Å²) in [5.41, 5.74) is 5.31. The van der Waals surface area contributed by atoms with Crippen LogP contribution in [0, 0.1) is 11.6 Å². The molecule has 4 nitrogen and oxygen atoms in total. The quantitative estimate of drug-likeness (QED) is 0.613. The van der Waals surface area contributed by atoms with E-state index in [-0.39, 0.29) is 5.69 Å². The van der Waals surface area contributed by atoms with Crippen molar-refractivity contribution in [1.29, 1.82) is 0 Å². The summed E-state index contributed by atoms with van der Waals surface area (Å²) in [6.45, 7) is 2.68. The van der Waals surface area contributed by atoms with E-state index in [1.165, 1.54) is 12.1 Å². The smallest absolute Gasteiger partial charge is 0.161 e. The van der Waals surface area contributed by atoms with Crippen molar-refractivity contribution in [3.05, 3.63) is 59.7 Å². The van der Waals surface area contributed by atoms with Crippen molar-refractivity contribution in [1.82, 2.24) is 0 Å². The average molecular weight is 360 g/mol. The minimum absolute atomic E-state index is 0.131. The Morgan fingerprint density at radius 2 is 1.96 bits per heavy atom. The van der Waals surface area contributed by atoms with E-state index in [1.54, 1.807) is 11.8 Å². The van der Waals surface area contributed by atoms with Crippen molar-refractivity contribution in [2.24, 2.45) is 10.1 Å². The van der Waals surface area contributed by atoms with Crippen LogP contribution in [-0.4, -0.2) is 23.2 Å². The summed E-state index contributed by atoms with van der Waals surface area (Å²) < 4.78 is 26.5. The number of aliphatic imine (C=N–C) groups is 1. The van der Waals surface area contributed by atoms with E-state index in [0.717, 1.165) is 41.2 Å². The zero-order valence-electron chi connectivity index (χ0n) is 13.7. The highest BCUT2D eigenvalue weighted by Crippen LogP contribution is 2.18. The van der Waals surface area contributed by atoms with Gasteiger partial charge >= 0.3 is 0 Å². The van der Waals surface area contributed by atoms with Gasteiger partial charge in [-0.1, -0.05) is 23.9 Å². The molecule has 0 unspecified atom stereocenters. The van der Waals surface area contributed by atoms with Gasteiger partial charge in [-0.05, 0) is 43.2 Å². The number of hydrazone groups is 1. The number of thioether (sulfide) groups is 1. The number of halogens is 2. The molecule has 0 atom stereocenters. The van der Waals surface area contributed by atoms with Gasteiger partial charge in [0.2, 0.25) is 0 Å². The fraction of sp³-hybridized carbons (Fsp3) is 0.222. The van der Waals surface area contributed by atoms with Crippen LogP contribution in [0.15, 0.2) is 52.6 Å². The number of anilines is 2. The molecule has 1 heterocycles. The van der Waals surface area contributed by atoms with E-state index >= 15 is 0 Å². The minimum atomic E-state index is -0.679. The average Bonchev–Trinajstić information content (AvgIpc) is 2.62. The molecule has 0 aromatic heterocycles. The van der Waals surface area contributed by atoms with E-state index in [4.69, 9.17) is 0 Å². The summed E-state index contributed by atoms with van der Waals surface area (Å²) in [6, 6.07) is 11.1. The maximum absolute atomic E-state index is 13.6. The molecule has 0 saturated heterocycles. The molecular weight excluding hydrogens is 342 g/mol. The van der Waals surface area contributed by atoms with Gasteiger partial charge < -0.3 is 5.32 Å². The molecule has 0 fully saturated rings. The summed E-state index contributed by atoms with van der Waals surface area (Å²) in [4.78, 5) is 4.43. The first-order valence-electron chi connectivity index (χ1n) is 7.92. The molecule has 0 radical (unpaired) electrons. The SMILES string of the molecule is C/C(=N/Nc1ccc(F)cc1F)c1ccc(NC2=NCCCS2)cc1. The van der Waals surface area contributed by atoms with Gasteiger partial charge in [0.25, 0.3) is 0 Å². The van der Waals surface area contributed by atoms with Crippen LogP contribution in [0.4, 0.5) is 20.2 Å². The molecule has 0 bridgehead atoms. The van der Waals surface area contributed by atoms with E-state index < -0.39 is 11.6 Å². The van der Waals surface area contributed by atoms with Crippen LogP contribution in [-0.2, 0) is 0 Å². The highest BCUT2D eigenvalue weighted by atomic mass is 32.2. The van der Waals surface area contributed by atoms with E-state index in [9.17, 15) is 8.78 Å².